The molecule has 1 aromatic rings. The summed E-state index contributed by atoms with van der Waals surface area (Å²) in [6.45, 7) is 5.48. The molecular weight excluding hydrogens is 483 g/mol. The Labute approximate surface area is 208 Å². The molecule has 1 aliphatic carbocycles. The highest BCUT2D eigenvalue weighted by atomic mass is 35.5. The number of guanidine groups is 1. The van der Waals surface area contributed by atoms with E-state index in [0.717, 1.165) is 12.0 Å². The molecule has 1 aliphatic rings. The fraction of sp³-hybridized carbons (Fsp3) is 0.522. The molecule has 0 heterocycles. The van der Waals surface area contributed by atoms with Crippen LogP contribution in [0.4, 0.5) is 0 Å². The zero-order valence-corrected chi connectivity index (χ0v) is 20.8. The third-order valence-corrected chi connectivity index (χ3v) is 6.45. The summed E-state index contributed by atoms with van der Waals surface area (Å²) in [5, 5.41) is 24.7. The first-order valence-electron chi connectivity index (χ1n) is 11.1. The topological polar surface area (TPSA) is 148 Å². The van der Waals surface area contributed by atoms with Crippen LogP contribution in [-0.4, -0.2) is 40.8 Å². The monoisotopic (exact) mass is 512 g/mol. The molecule has 3 atom stereocenters. The van der Waals surface area contributed by atoms with Crippen molar-refractivity contribution in [1.29, 1.82) is 5.41 Å². The van der Waals surface area contributed by atoms with E-state index in [4.69, 9.17) is 33.7 Å². The van der Waals surface area contributed by atoms with Gasteiger partial charge in [-0.05, 0) is 47.8 Å². The Balaban J connectivity index is 1.77. The number of aliphatic carboxylic acids is 1. The minimum absolute atomic E-state index is 0.0451. The number of carboxylic acid groups (broad SMARTS) is 1. The average Bonchev–Trinajstić information content (AvgIpc) is 3.44. The number of carbonyl (C=O) groups excluding carboxylic acids is 3. The van der Waals surface area contributed by atoms with E-state index in [1.54, 1.807) is 19.9 Å². The van der Waals surface area contributed by atoms with Crippen LogP contribution in [-0.2, 0) is 25.6 Å². The third-order valence-electron chi connectivity index (χ3n) is 5.65. The number of amides is 3. The largest absolute Gasteiger partial charge is 0.480 e. The standard InChI is InChI=1S/C23H30Cl2N4O5/c1-11(2)21(22(33)34)27-17(30)5-4-6-18(31)28-23(26)29-19(32)10-15-16(24)8-7-13(20(15)25)14-9-12(14)3/h7-8,11-12,14,21H,4-6,9-10H2,1-3H3,(H,27,30)(H,33,34)(H3,26,28,29,31,32)/t12?,14-,21-/m0/s1. The van der Waals surface area contributed by atoms with E-state index in [2.05, 4.69) is 22.9 Å². The van der Waals surface area contributed by atoms with Gasteiger partial charge in [0, 0.05) is 22.9 Å². The smallest absolute Gasteiger partial charge is 0.326 e. The van der Waals surface area contributed by atoms with Gasteiger partial charge in [-0.1, -0.05) is 50.0 Å². The number of benzene rings is 1. The Morgan fingerprint density at radius 2 is 1.68 bits per heavy atom. The number of carboxylic acids is 1. The lowest BCUT2D eigenvalue weighted by Crippen LogP contribution is -2.44. The quantitative estimate of drug-likeness (QED) is 0.241. The van der Waals surface area contributed by atoms with Gasteiger partial charge in [-0.2, -0.15) is 0 Å². The number of hydrogen-bond donors (Lipinski definition) is 5. The van der Waals surface area contributed by atoms with Gasteiger partial charge < -0.3 is 10.4 Å². The molecule has 0 bridgehead atoms. The highest BCUT2D eigenvalue weighted by molar-refractivity contribution is 6.36. The maximum atomic E-state index is 12.4. The van der Waals surface area contributed by atoms with Crippen LogP contribution in [0.15, 0.2) is 12.1 Å². The van der Waals surface area contributed by atoms with E-state index in [1.165, 1.54) is 0 Å². The van der Waals surface area contributed by atoms with Gasteiger partial charge in [0.2, 0.25) is 23.7 Å². The molecule has 5 N–H and O–H groups in total. The Bertz CT molecular complexity index is 982. The SMILES string of the molecule is CC(C)[C@H](NC(=O)CCCC(=O)NC(=N)NC(=O)Cc1c(Cl)ccc([C@H]2CC2C)c1Cl)C(=O)O. The molecule has 1 saturated carbocycles. The lowest BCUT2D eigenvalue weighted by atomic mass is 10.0. The lowest BCUT2D eigenvalue weighted by molar-refractivity contribution is -0.143. The van der Waals surface area contributed by atoms with Gasteiger partial charge >= 0.3 is 5.97 Å². The molecule has 3 amide bonds. The maximum Gasteiger partial charge on any atom is 0.326 e. The number of carbonyl (C=O) groups is 4. The van der Waals surface area contributed by atoms with Crippen molar-refractivity contribution in [2.75, 3.05) is 0 Å². The van der Waals surface area contributed by atoms with Crippen molar-refractivity contribution < 1.29 is 24.3 Å². The number of rotatable bonds is 10. The van der Waals surface area contributed by atoms with E-state index in [9.17, 15) is 19.2 Å². The molecule has 2 rings (SSSR count). The van der Waals surface area contributed by atoms with Crippen molar-refractivity contribution in [1.82, 2.24) is 16.0 Å². The molecule has 0 saturated heterocycles. The zero-order chi connectivity index (χ0) is 25.6. The Morgan fingerprint density at radius 3 is 2.24 bits per heavy atom. The first kappa shape index (κ1) is 27.6. The predicted molar refractivity (Wildman–Crippen MR) is 129 cm³/mol. The fourth-order valence-corrected chi connectivity index (χ4v) is 4.21. The fourth-order valence-electron chi connectivity index (χ4n) is 3.57. The average molecular weight is 513 g/mol. The molecule has 0 aromatic heterocycles. The van der Waals surface area contributed by atoms with Crippen molar-refractivity contribution in [2.24, 2.45) is 11.8 Å². The molecule has 1 fully saturated rings. The molecular formula is C23H30Cl2N4O5. The maximum absolute atomic E-state index is 12.4. The second kappa shape index (κ2) is 12.2. The van der Waals surface area contributed by atoms with Crippen LogP contribution in [0.1, 0.15) is 63.5 Å². The van der Waals surface area contributed by atoms with Crippen LogP contribution >= 0.6 is 23.2 Å². The summed E-state index contributed by atoms with van der Waals surface area (Å²) in [5.41, 5.74) is 1.43. The van der Waals surface area contributed by atoms with Crippen LogP contribution < -0.4 is 16.0 Å². The van der Waals surface area contributed by atoms with E-state index < -0.39 is 35.7 Å². The molecule has 1 aromatic carbocycles. The molecule has 9 nitrogen and oxygen atoms in total. The van der Waals surface area contributed by atoms with Crippen LogP contribution in [0, 0.1) is 17.2 Å². The Hall–Kier alpha value is -2.65. The summed E-state index contributed by atoms with van der Waals surface area (Å²) < 4.78 is 0. The minimum atomic E-state index is -1.12. The van der Waals surface area contributed by atoms with Gasteiger partial charge in [0.1, 0.15) is 6.04 Å². The molecule has 11 heteroatoms. The van der Waals surface area contributed by atoms with E-state index in [-0.39, 0.29) is 31.6 Å². The van der Waals surface area contributed by atoms with Crippen molar-refractivity contribution in [2.45, 2.75) is 64.8 Å². The van der Waals surface area contributed by atoms with Crippen molar-refractivity contribution in [3.05, 3.63) is 33.3 Å². The van der Waals surface area contributed by atoms with Gasteiger partial charge in [-0.15, -0.1) is 0 Å². The molecule has 186 valence electrons. The number of halogens is 2. The lowest BCUT2D eigenvalue weighted by Gasteiger charge is -2.17. The van der Waals surface area contributed by atoms with Crippen LogP contribution in [0.5, 0.6) is 0 Å². The Morgan fingerprint density at radius 1 is 1.09 bits per heavy atom. The highest BCUT2D eigenvalue weighted by Crippen LogP contribution is 2.50. The highest BCUT2D eigenvalue weighted by Gasteiger charge is 2.36. The molecule has 0 spiro atoms. The summed E-state index contributed by atoms with van der Waals surface area (Å²) in [5.74, 6) is -2.60. The summed E-state index contributed by atoms with van der Waals surface area (Å²) >= 11 is 12.7. The first-order valence-corrected chi connectivity index (χ1v) is 11.8. The first-order chi connectivity index (χ1) is 15.9. The Kier molecular flexibility index (Phi) is 9.88. The van der Waals surface area contributed by atoms with Gasteiger partial charge in [-0.3, -0.25) is 30.4 Å². The van der Waals surface area contributed by atoms with Crippen LogP contribution in [0.3, 0.4) is 0 Å². The summed E-state index contributed by atoms with van der Waals surface area (Å²) in [6.07, 6.45) is 0.913. The van der Waals surface area contributed by atoms with E-state index in [0.29, 0.717) is 27.4 Å². The van der Waals surface area contributed by atoms with E-state index >= 15 is 0 Å². The number of hydrogen-bond acceptors (Lipinski definition) is 5. The molecule has 0 radical (unpaired) electrons. The second-order valence-corrected chi connectivity index (χ2v) is 9.66. The third kappa shape index (κ3) is 7.99. The second-order valence-electron chi connectivity index (χ2n) is 8.88. The van der Waals surface area contributed by atoms with Crippen LogP contribution in [0.2, 0.25) is 10.0 Å². The van der Waals surface area contributed by atoms with Gasteiger partial charge in [0.05, 0.1) is 6.42 Å². The van der Waals surface area contributed by atoms with E-state index in [1.807, 2.05) is 6.07 Å². The normalized spacial score (nSPS) is 17.6. The van der Waals surface area contributed by atoms with Gasteiger partial charge in [0.25, 0.3) is 0 Å². The minimum Gasteiger partial charge on any atom is -0.480 e. The summed E-state index contributed by atoms with van der Waals surface area (Å²) in [7, 11) is 0. The summed E-state index contributed by atoms with van der Waals surface area (Å²) in [6, 6.07) is 2.58. The molecule has 34 heavy (non-hydrogen) atoms. The van der Waals surface area contributed by atoms with Crippen LogP contribution in [0.25, 0.3) is 0 Å². The molecule has 0 aliphatic heterocycles. The van der Waals surface area contributed by atoms with Gasteiger partial charge in [0.15, 0.2) is 0 Å². The predicted octanol–water partition coefficient (Wildman–Crippen LogP) is 3.22. The molecule has 1 unspecified atom stereocenters. The van der Waals surface area contributed by atoms with Crippen molar-refractivity contribution >= 4 is 52.9 Å². The number of nitrogens with one attached hydrogen (secondary N) is 4. The van der Waals surface area contributed by atoms with Crippen molar-refractivity contribution in [3.63, 3.8) is 0 Å². The van der Waals surface area contributed by atoms with Crippen molar-refractivity contribution in [3.8, 4) is 0 Å². The zero-order valence-electron chi connectivity index (χ0n) is 19.3. The summed E-state index contributed by atoms with van der Waals surface area (Å²) in [4.78, 5) is 47.4. The van der Waals surface area contributed by atoms with Gasteiger partial charge in [-0.25, -0.2) is 4.79 Å².